The molecule has 0 bridgehead atoms. The molecule has 1 fully saturated rings. The first-order chi connectivity index (χ1) is 9.69. The van der Waals surface area contributed by atoms with Crippen molar-refractivity contribution in [3.63, 3.8) is 0 Å². The van der Waals surface area contributed by atoms with Gasteiger partial charge in [-0.1, -0.05) is 13.3 Å². The maximum Gasteiger partial charge on any atom is 0.141 e. The predicted molar refractivity (Wildman–Crippen MR) is 78.7 cm³/mol. The van der Waals surface area contributed by atoms with Gasteiger partial charge in [0.1, 0.15) is 5.75 Å². The Morgan fingerprint density at radius 2 is 2.10 bits per heavy atom. The summed E-state index contributed by atoms with van der Waals surface area (Å²) in [6, 6.07) is 0.158. The Balaban J connectivity index is 2.39. The Morgan fingerprint density at radius 3 is 2.70 bits per heavy atom. The van der Waals surface area contributed by atoms with Crippen LogP contribution in [0.5, 0.6) is 5.75 Å². The largest absolute Gasteiger partial charge is 0.506 e. The summed E-state index contributed by atoms with van der Waals surface area (Å²) in [5.74, 6) is 0.244. The zero-order valence-electron chi connectivity index (χ0n) is 12.4. The number of pyridine rings is 1. The lowest BCUT2D eigenvalue weighted by atomic mass is 9.95. The Morgan fingerprint density at radius 1 is 1.40 bits per heavy atom. The van der Waals surface area contributed by atoms with Gasteiger partial charge in [-0.15, -0.1) is 0 Å². The number of hydrogen-bond donors (Lipinski definition) is 3. The van der Waals surface area contributed by atoms with E-state index < -0.39 is 0 Å². The second kappa shape index (κ2) is 7.02. The topological polar surface area (TPSA) is 68.6 Å². The lowest BCUT2D eigenvalue weighted by molar-refractivity contribution is 0.159. The number of hydrogen-bond acceptors (Lipinski definition) is 5. The van der Waals surface area contributed by atoms with Gasteiger partial charge in [0.2, 0.25) is 0 Å². The quantitative estimate of drug-likeness (QED) is 0.759. The van der Waals surface area contributed by atoms with Gasteiger partial charge >= 0.3 is 0 Å². The summed E-state index contributed by atoms with van der Waals surface area (Å²) >= 11 is 0. The molecule has 1 atom stereocenters. The van der Waals surface area contributed by atoms with Crippen LogP contribution in [0, 0.1) is 6.92 Å². The zero-order chi connectivity index (χ0) is 14.5. The molecule has 1 aromatic heterocycles. The molecular weight excluding hydrogens is 254 g/mol. The van der Waals surface area contributed by atoms with E-state index in [1.54, 1.807) is 13.1 Å². The molecule has 1 aliphatic rings. The molecule has 0 saturated carbocycles. The molecule has 1 aromatic rings. The van der Waals surface area contributed by atoms with Crippen LogP contribution < -0.4 is 5.32 Å². The van der Waals surface area contributed by atoms with Crippen molar-refractivity contribution in [3.8, 4) is 5.75 Å². The van der Waals surface area contributed by atoms with Crippen LogP contribution in [0.2, 0.25) is 0 Å². The lowest BCUT2D eigenvalue weighted by Crippen LogP contribution is -2.45. The number of aliphatic hydroxyl groups excluding tert-OH is 1. The molecule has 0 amide bonds. The number of nitrogens with one attached hydrogen (secondary N) is 1. The Labute approximate surface area is 120 Å². The highest BCUT2D eigenvalue weighted by molar-refractivity contribution is 5.43. The van der Waals surface area contributed by atoms with E-state index in [-0.39, 0.29) is 18.4 Å². The molecule has 112 valence electrons. The molecule has 0 unspecified atom stereocenters. The number of aromatic nitrogens is 1. The fourth-order valence-corrected chi connectivity index (χ4v) is 2.93. The maximum atomic E-state index is 10.4. The third-order valence-electron chi connectivity index (χ3n) is 4.02. The summed E-state index contributed by atoms with van der Waals surface area (Å²) in [5.41, 5.74) is 2.24. The number of aromatic hydroxyl groups is 1. The van der Waals surface area contributed by atoms with Gasteiger partial charge in [-0.2, -0.15) is 0 Å². The Kier molecular flexibility index (Phi) is 5.34. The maximum absolute atomic E-state index is 10.4. The second-order valence-electron chi connectivity index (χ2n) is 5.38. The average molecular weight is 279 g/mol. The van der Waals surface area contributed by atoms with Crippen molar-refractivity contribution in [2.45, 2.75) is 39.3 Å². The monoisotopic (exact) mass is 279 g/mol. The fraction of sp³-hybridized carbons (Fsp3) is 0.667. The van der Waals surface area contributed by atoms with Crippen molar-refractivity contribution >= 4 is 0 Å². The van der Waals surface area contributed by atoms with Crippen LogP contribution in [0.3, 0.4) is 0 Å². The molecule has 3 N–H and O–H groups in total. The van der Waals surface area contributed by atoms with E-state index in [1.165, 1.54) is 0 Å². The van der Waals surface area contributed by atoms with Gasteiger partial charge in [-0.05, 0) is 13.3 Å². The van der Waals surface area contributed by atoms with Crippen molar-refractivity contribution in [2.75, 3.05) is 26.2 Å². The van der Waals surface area contributed by atoms with Crippen LogP contribution in [0.25, 0.3) is 0 Å². The predicted octanol–water partition coefficient (Wildman–Crippen LogP) is 1.33. The first kappa shape index (κ1) is 15.2. The molecule has 0 aromatic carbocycles. The zero-order valence-corrected chi connectivity index (χ0v) is 12.4. The fourth-order valence-electron chi connectivity index (χ4n) is 2.93. The van der Waals surface area contributed by atoms with Gasteiger partial charge < -0.3 is 15.5 Å². The van der Waals surface area contributed by atoms with E-state index in [0.717, 1.165) is 50.1 Å². The van der Waals surface area contributed by atoms with Gasteiger partial charge in [0.15, 0.2) is 0 Å². The smallest absolute Gasteiger partial charge is 0.141 e. The molecule has 1 saturated heterocycles. The molecule has 20 heavy (non-hydrogen) atoms. The van der Waals surface area contributed by atoms with Crippen LogP contribution in [-0.4, -0.2) is 46.3 Å². The van der Waals surface area contributed by atoms with Crippen LogP contribution in [-0.2, 0) is 6.61 Å². The summed E-state index contributed by atoms with van der Waals surface area (Å²) in [5, 5.41) is 23.3. The van der Waals surface area contributed by atoms with E-state index in [2.05, 4.69) is 22.1 Å². The molecule has 0 aliphatic carbocycles. The van der Waals surface area contributed by atoms with Crippen molar-refractivity contribution in [1.29, 1.82) is 0 Å². The van der Waals surface area contributed by atoms with Crippen LogP contribution in [0.4, 0.5) is 0 Å². The SMILES string of the molecule is CCC[C@H](c1c(CO)cnc(C)c1O)N1CCNCC1. The first-order valence-electron chi connectivity index (χ1n) is 7.42. The average Bonchev–Trinajstić information content (AvgIpc) is 2.49. The lowest BCUT2D eigenvalue weighted by Gasteiger charge is -2.36. The van der Waals surface area contributed by atoms with E-state index in [1.807, 2.05) is 0 Å². The number of nitrogens with zero attached hydrogens (tertiary/aromatic N) is 2. The molecule has 5 heteroatoms. The molecule has 0 radical (unpaired) electrons. The van der Waals surface area contributed by atoms with Gasteiger partial charge in [0.25, 0.3) is 0 Å². The minimum absolute atomic E-state index is 0.0809. The summed E-state index contributed by atoms with van der Waals surface area (Å²) in [6.45, 7) is 7.76. The number of rotatable bonds is 5. The van der Waals surface area contributed by atoms with Gasteiger partial charge in [-0.3, -0.25) is 9.88 Å². The Hall–Kier alpha value is -1.17. The van der Waals surface area contributed by atoms with Crippen molar-refractivity contribution in [2.24, 2.45) is 0 Å². The van der Waals surface area contributed by atoms with Gasteiger partial charge in [0, 0.05) is 49.5 Å². The van der Waals surface area contributed by atoms with E-state index in [9.17, 15) is 10.2 Å². The number of aryl methyl sites for hydroxylation is 1. The number of piperazine rings is 1. The highest BCUT2D eigenvalue weighted by atomic mass is 16.3. The van der Waals surface area contributed by atoms with Crippen molar-refractivity contribution < 1.29 is 10.2 Å². The standard InChI is InChI=1S/C15H25N3O2/c1-3-4-13(18-7-5-16-6-8-18)14-12(10-19)9-17-11(2)15(14)20/h9,13,16,19-20H,3-8,10H2,1-2H3/t13-/m1/s1. The van der Waals surface area contributed by atoms with Gasteiger partial charge in [0.05, 0.1) is 12.3 Å². The van der Waals surface area contributed by atoms with Crippen LogP contribution >= 0.6 is 0 Å². The molecule has 1 aliphatic heterocycles. The summed E-state index contributed by atoms with van der Waals surface area (Å²) in [6.07, 6.45) is 3.71. The van der Waals surface area contributed by atoms with E-state index in [0.29, 0.717) is 5.69 Å². The van der Waals surface area contributed by atoms with Crippen molar-refractivity contribution in [1.82, 2.24) is 15.2 Å². The molecular formula is C15H25N3O2. The highest BCUT2D eigenvalue weighted by Crippen LogP contribution is 2.36. The second-order valence-corrected chi connectivity index (χ2v) is 5.38. The van der Waals surface area contributed by atoms with Crippen LogP contribution in [0.15, 0.2) is 6.20 Å². The van der Waals surface area contributed by atoms with E-state index >= 15 is 0 Å². The first-order valence-corrected chi connectivity index (χ1v) is 7.42. The normalized spacial score (nSPS) is 18.1. The molecule has 2 heterocycles. The van der Waals surface area contributed by atoms with Crippen LogP contribution in [0.1, 0.15) is 42.6 Å². The summed E-state index contributed by atoms with van der Waals surface area (Å²) in [4.78, 5) is 6.55. The summed E-state index contributed by atoms with van der Waals surface area (Å²) < 4.78 is 0. The third-order valence-corrected chi connectivity index (χ3v) is 4.02. The Bertz CT molecular complexity index is 445. The molecule has 5 nitrogen and oxygen atoms in total. The minimum atomic E-state index is -0.0809. The minimum Gasteiger partial charge on any atom is -0.506 e. The molecule has 0 spiro atoms. The van der Waals surface area contributed by atoms with E-state index in [4.69, 9.17) is 0 Å². The molecule has 2 rings (SSSR count). The number of aliphatic hydroxyl groups is 1. The third kappa shape index (κ3) is 3.11. The van der Waals surface area contributed by atoms with Gasteiger partial charge in [-0.25, -0.2) is 0 Å². The van der Waals surface area contributed by atoms with Crippen molar-refractivity contribution in [3.05, 3.63) is 23.0 Å². The highest BCUT2D eigenvalue weighted by Gasteiger charge is 2.27. The summed E-state index contributed by atoms with van der Waals surface area (Å²) in [7, 11) is 0.